The van der Waals surface area contributed by atoms with Crippen molar-refractivity contribution in [2.75, 3.05) is 26.8 Å². The number of nitrogens with zero attached hydrogens (tertiary/aromatic N) is 1. The topological polar surface area (TPSA) is 58.6 Å². The zero-order valence-electron chi connectivity index (χ0n) is 13.4. The Morgan fingerprint density at radius 1 is 1.25 bits per heavy atom. The predicted octanol–water partition coefficient (Wildman–Crippen LogP) is 1.96. The number of rotatable bonds is 6. The van der Waals surface area contributed by atoms with Crippen molar-refractivity contribution in [2.24, 2.45) is 0 Å². The molecule has 0 spiro atoms. The van der Waals surface area contributed by atoms with Crippen LogP contribution in [0, 0.1) is 0 Å². The molecule has 1 heterocycles. The van der Waals surface area contributed by atoms with E-state index in [2.05, 4.69) is 12.2 Å². The van der Waals surface area contributed by atoms with E-state index < -0.39 is 0 Å². The Bertz CT molecular complexity index is 274. The summed E-state index contributed by atoms with van der Waals surface area (Å²) in [5, 5.41) is 3.04. The van der Waals surface area contributed by atoms with Crippen LogP contribution in [-0.4, -0.2) is 49.6 Å². The van der Waals surface area contributed by atoms with Gasteiger partial charge in [-0.05, 0) is 19.3 Å². The van der Waals surface area contributed by atoms with Crippen LogP contribution in [0.15, 0.2) is 0 Å². The zero-order valence-corrected chi connectivity index (χ0v) is 13.4. The highest BCUT2D eigenvalue weighted by atomic mass is 16.5. The van der Waals surface area contributed by atoms with Gasteiger partial charge in [-0.1, -0.05) is 27.2 Å². The molecule has 0 aliphatic carbocycles. The highest BCUT2D eigenvalue weighted by molar-refractivity contribution is 5.78. The molecule has 0 atom stereocenters. The molecule has 1 aliphatic heterocycles. The number of unbranched alkanes of at least 4 members (excludes halogenated alkanes) is 1. The average molecular weight is 286 g/mol. The Hall–Kier alpha value is -1.10. The fraction of sp³-hybridized carbons (Fsp3) is 0.867. The molecular weight excluding hydrogens is 256 g/mol. The van der Waals surface area contributed by atoms with E-state index in [0.717, 1.165) is 25.7 Å². The Balaban J connectivity index is 0.00000172. The smallest absolute Gasteiger partial charge is 0.248 e. The van der Waals surface area contributed by atoms with Gasteiger partial charge in [0.25, 0.3) is 0 Å². The van der Waals surface area contributed by atoms with Crippen LogP contribution in [0.2, 0.25) is 0 Å². The molecule has 5 heteroatoms. The van der Waals surface area contributed by atoms with Crippen LogP contribution < -0.4 is 5.32 Å². The van der Waals surface area contributed by atoms with E-state index in [-0.39, 0.29) is 24.5 Å². The van der Waals surface area contributed by atoms with Crippen molar-refractivity contribution < 1.29 is 14.3 Å². The van der Waals surface area contributed by atoms with Crippen LogP contribution in [0.5, 0.6) is 0 Å². The molecule has 1 N–H and O–H groups in total. The summed E-state index contributed by atoms with van der Waals surface area (Å²) >= 11 is 0. The molecule has 0 radical (unpaired) electrons. The first-order valence-electron chi connectivity index (χ1n) is 7.73. The predicted molar refractivity (Wildman–Crippen MR) is 80.5 cm³/mol. The second-order valence-corrected chi connectivity index (χ2v) is 4.76. The summed E-state index contributed by atoms with van der Waals surface area (Å²) in [6.07, 6.45) is 4.27. The van der Waals surface area contributed by atoms with Gasteiger partial charge in [-0.3, -0.25) is 9.59 Å². The van der Waals surface area contributed by atoms with Crippen molar-refractivity contribution in [1.29, 1.82) is 0 Å². The van der Waals surface area contributed by atoms with E-state index in [1.54, 1.807) is 4.90 Å². The zero-order chi connectivity index (χ0) is 15.4. The average Bonchev–Trinajstić information content (AvgIpc) is 2.48. The minimum absolute atomic E-state index is 0.0354. The summed E-state index contributed by atoms with van der Waals surface area (Å²) in [6.45, 7) is 7.64. The third kappa shape index (κ3) is 7.48. The molecule has 0 aromatic heterocycles. The molecule has 5 nitrogen and oxygen atoms in total. The largest absolute Gasteiger partial charge is 0.375 e. The van der Waals surface area contributed by atoms with Crippen molar-refractivity contribution in [3.63, 3.8) is 0 Å². The number of nitrogens with one attached hydrogen (secondary N) is 1. The fourth-order valence-corrected chi connectivity index (χ4v) is 2.13. The molecule has 1 rings (SSSR count). The lowest BCUT2D eigenvalue weighted by atomic mass is 10.0. The minimum atomic E-state index is 0.0354. The molecule has 0 aromatic rings. The number of amides is 2. The third-order valence-corrected chi connectivity index (χ3v) is 3.24. The first-order chi connectivity index (χ1) is 9.67. The van der Waals surface area contributed by atoms with E-state index in [9.17, 15) is 9.59 Å². The molecular formula is C15H30N2O3. The van der Waals surface area contributed by atoms with Crippen molar-refractivity contribution in [2.45, 2.75) is 58.9 Å². The van der Waals surface area contributed by atoms with Crippen LogP contribution in [0.3, 0.4) is 0 Å². The third-order valence-electron chi connectivity index (χ3n) is 3.24. The molecule has 20 heavy (non-hydrogen) atoms. The Morgan fingerprint density at radius 3 is 2.35 bits per heavy atom. The number of hydrogen-bond donors (Lipinski definition) is 1. The van der Waals surface area contributed by atoms with Gasteiger partial charge in [-0.25, -0.2) is 0 Å². The second-order valence-electron chi connectivity index (χ2n) is 4.76. The molecule has 0 saturated carbocycles. The second kappa shape index (κ2) is 11.7. The van der Waals surface area contributed by atoms with Crippen molar-refractivity contribution >= 4 is 11.8 Å². The molecule has 0 bridgehead atoms. The molecule has 2 amide bonds. The van der Waals surface area contributed by atoms with E-state index in [0.29, 0.717) is 19.5 Å². The number of ether oxygens (including phenoxy) is 1. The van der Waals surface area contributed by atoms with Crippen molar-refractivity contribution in [1.82, 2.24) is 10.2 Å². The van der Waals surface area contributed by atoms with E-state index in [1.807, 2.05) is 13.8 Å². The lowest BCUT2D eigenvalue weighted by Crippen LogP contribution is -2.47. The number of likely N-dealkylation sites (tertiary alicyclic amines) is 1. The van der Waals surface area contributed by atoms with Gasteiger partial charge >= 0.3 is 0 Å². The molecule has 1 aliphatic rings. The summed E-state index contributed by atoms with van der Waals surface area (Å²) in [4.78, 5) is 25.0. The van der Waals surface area contributed by atoms with Crippen LogP contribution >= 0.6 is 0 Å². The van der Waals surface area contributed by atoms with Gasteiger partial charge in [0.2, 0.25) is 11.8 Å². The number of methoxy groups -OCH3 is 1. The van der Waals surface area contributed by atoms with Crippen LogP contribution in [-0.2, 0) is 14.3 Å². The summed E-state index contributed by atoms with van der Waals surface area (Å²) in [6, 6.07) is 0.223. The fourth-order valence-electron chi connectivity index (χ4n) is 2.13. The maximum atomic E-state index is 11.6. The lowest BCUT2D eigenvalue weighted by Gasteiger charge is -2.32. The van der Waals surface area contributed by atoms with Gasteiger partial charge in [0.05, 0.1) is 0 Å². The quantitative estimate of drug-likeness (QED) is 0.812. The van der Waals surface area contributed by atoms with Gasteiger partial charge in [0.15, 0.2) is 0 Å². The van der Waals surface area contributed by atoms with Gasteiger partial charge in [-0.2, -0.15) is 0 Å². The first kappa shape index (κ1) is 18.9. The number of carbonyl (C=O) groups excluding carboxylic acids is 2. The van der Waals surface area contributed by atoms with Gasteiger partial charge < -0.3 is 15.0 Å². The standard InChI is InChI=1S/C13H24N2O3.C2H6/c1-3-4-5-12(16)14-11-6-8-15(9-7-11)13(17)10-18-2;1-2/h11H,3-10H2,1-2H3,(H,14,16);1-2H3. The van der Waals surface area contributed by atoms with Crippen LogP contribution in [0.4, 0.5) is 0 Å². The Labute approximate surface area is 123 Å². The maximum Gasteiger partial charge on any atom is 0.248 e. The molecule has 1 saturated heterocycles. The summed E-state index contributed by atoms with van der Waals surface area (Å²) in [5.74, 6) is 0.173. The minimum Gasteiger partial charge on any atom is -0.375 e. The van der Waals surface area contributed by atoms with E-state index in [4.69, 9.17) is 4.74 Å². The van der Waals surface area contributed by atoms with Gasteiger partial charge in [-0.15, -0.1) is 0 Å². The first-order valence-corrected chi connectivity index (χ1v) is 7.73. The summed E-state index contributed by atoms with van der Waals surface area (Å²) in [5.41, 5.74) is 0. The van der Waals surface area contributed by atoms with Gasteiger partial charge in [0, 0.05) is 32.7 Å². The normalized spacial score (nSPS) is 15.3. The van der Waals surface area contributed by atoms with E-state index in [1.165, 1.54) is 7.11 Å². The van der Waals surface area contributed by atoms with Gasteiger partial charge in [0.1, 0.15) is 6.61 Å². The molecule has 0 unspecified atom stereocenters. The van der Waals surface area contributed by atoms with Crippen molar-refractivity contribution in [3.8, 4) is 0 Å². The van der Waals surface area contributed by atoms with Crippen LogP contribution in [0.25, 0.3) is 0 Å². The molecule has 1 fully saturated rings. The highest BCUT2D eigenvalue weighted by Gasteiger charge is 2.23. The Kier molecular flexibility index (Phi) is 11.1. The number of carbonyl (C=O) groups is 2. The molecule has 118 valence electrons. The van der Waals surface area contributed by atoms with E-state index >= 15 is 0 Å². The Morgan fingerprint density at radius 2 is 1.85 bits per heavy atom. The summed E-state index contributed by atoms with van der Waals surface area (Å²) < 4.78 is 4.83. The SMILES string of the molecule is CC.CCCCC(=O)NC1CCN(C(=O)COC)CC1. The van der Waals surface area contributed by atoms with Crippen LogP contribution in [0.1, 0.15) is 52.9 Å². The van der Waals surface area contributed by atoms with Crippen molar-refractivity contribution in [3.05, 3.63) is 0 Å². The maximum absolute atomic E-state index is 11.6. The number of piperidine rings is 1. The number of hydrogen-bond acceptors (Lipinski definition) is 3. The summed E-state index contributed by atoms with van der Waals surface area (Å²) in [7, 11) is 1.53. The monoisotopic (exact) mass is 286 g/mol. The lowest BCUT2D eigenvalue weighted by molar-refractivity contribution is -0.136. The molecule has 0 aromatic carbocycles. The highest BCUT2D eigenvalue weighted by Crippen LogP contribution is 2.11.